The highest BCUT2D eigenvalue weighted by Crippen LogP contribution is 2.26. The second-order valence-electron chi connectivity index (χ2n) is 12.5. The van der Waals surface area contributed by atoms with Gasteiger partial charge in [0.2, 0.25) is 0 Å². The zero-order valence-corrected chi connectivity index (χ0v) is 27.2. The molecule has 0 bridgehead atoms. The lowest BCUT2D eigenvalue weighted by Crippen LogP contribution is -2.06. The number of benzene rings is 4. The molecule has 0 heterocycles. The molecule has 0 saturated carbocycles. The summed E-state index contributed by atoms with van der Waals surface area (Å²) in [6.45, 7) is 8.07. The van der Waals surface area contributed by atoms with Gasteiger partial charge in [0.05, 0.1) is 6.61 Å². The first-order chi connectivity index (χ1) is 21.5. The summed E-state index contributed by atoms with van der Waals surface area (Å²) < 4.78 is 5.17. The smallest absolute Gasteiger partial charge is 0.333 e. The summed E-state index contributed by atoms with van der Waals surface area (Å²) in [4.78, 5) is 11.4. The first-order valence-electron chi connectivity index (χ1n) is 17.0. The summed E-state index contributed by atoms with van der Waals surface area (Å²) in [7, 11) is 0. The number of carbonyl (C=O) groups excluding carboxylic acids is 1. The molecule has 0 aliphatic rings. The van der Waals surface area contributed by atoms with E-state index in [9.17, 15) is 4.79 Å². The molecule has 0 aliphatic heterocycles. The third kappa shape index (κ3) is 10.8. The average Bonchev–Trinajstić information content (AvgIpc) is 3.05. The second-order valence-corrected chi connectivity index (χ2v) is 12.5. The van der Waals surface area contributed by atoms with E-state index in [0.29, 0.717) is 12.2 Å². The van der Waals surface area contributed by atoms with Crippen molar-refractivity contribution in [2.45, 2.75) is 104 Å². The van der Waals surface area contributed by atoms with Crippen molar-refractivity contribution in [3.63, 3.8) is 0 Å². The molecule has 2 nitrogen and oxygen atoms in total. The van der Waals surface area contributed by atoms with Gasteiger partial charge in [-0.25, -0.2) is 4.79 Å². The van der Waals surface area contributed by atoms with E-state index in [1.54, 1.807) is 6.92 Å². The van der Waals surface area contributed by atoms with Crippen LogP contribution in [-0.4, -0.2) is 12.6 Å². The Hall–Kier alpha value is -3.65. The highest BCUT2D eigenvalue weighted by atomic mass is 16.5. The molecular formula is C42H52O2. The number of hydrogen-bond donors (Lipinski definition) is 0. The Morgan fingerprint density at radius 1 is 0.545 bits per heavy atom. The van der Waals surface area contributed by atoms with E-state index in [1.807, 2.05) is 0 Å². The maximum atomic E-state index is 11.4. The lowest BCUT2D eigenvalue weighted by atomic mass is 9.92. The van der Waals surface area contributed by atoms with Gasteiger partial charge in [0.15, 0.2) is 0 Å². The predicted molar refractivity (Wildman–Crippen MR) is 187 cm³/mol. The Morgan fingerprint density at radius 2 is 0.977 bits per heavy atom. The monoisotopic (exact) mass is 588 g/mol. The van der Waals surface area contributed by atoms with Crippen LogP contribution in [0.3, 0.4) is 0 Å². The van der Waals surface area contributed by atoms with Gasteiger partial charge in [-0.1, -0.05) is 131 Å². The molecule has 44 heavy (non-hydrogen) atoms. The maximum absolute atomic E-state index is 11.4. The van der Waals surface area contributed by atoms with Crippen LogP contribution in [0.1, 0.15) is 98.6 Å². The predicted octanol–water partition coefficient (Wildman–Crippen LogP) is 10.8. The van der Waals surface area contributed by atoms with Crippen molar-refractivity contribution in [2.75, 3.05) is 6.61 Å². The Labute approximate surface area is 266 Å². The number of esters is 1. The molecule has 0 radical (unpaired) electrons. The average molecular weight is 589 g/mol. The van der Waals surface area contributed by atoms with Crippen LogP contribution in [0.5, 0.6) is 0 Å². The Kier molecular flexibility index (Phi) is 13.8. The SMILES string of the molecule is C=C(C)C(=O)OCCCCCCc1ccc(CCc2ccc(CCc3ccc(CCCCCC)cc3)c3ccccc23)cc1. The fraction of sp³-hybridized carbons (Fsp3) is 0.405. The van der Waals surface area contributed by atoms with Gasteiger partial charge in [0.25, 0.3) is 0 Å². The maximum Gasteiger partial charge on any atom is 0.333 e. The number of carbonyl (C=O) groups is 1. The van der Waals surface area contributed by atoms with Crippen LogP contribution in [0, 0.1) is 0 Å². The van der Waals surface area contributed by atoms with Crippen LogP contribution in [0.25, 0.3) is 10.8 Å². The van der Waals surface area contributed by atoms with Crippen molar-refractivity contribution < 1.29 is 9.53 Å². The Morgan fingerprint density at radius 3 is 1.43 bits per heavy atom. The fourth-order valence-corrected chi connectivity index (χ4v) is 5.99. The highest BCUT2D eigenvalue weighted by molar-refractivity contribution is 5.89. The van der Waals surface area contributed by atoms with Gasteiger partial charge in [0.1, 0.15) is 0 Å². The van der Waals surface area contributed by atoms with Gasteiger partial charge in [-0.05, 0) is 109 Å². The lowest BCUT2D eigenvalue weighted by Gasteiger charge is -2.12. The van der Waals surface area contributed by atoms with Crippen molar-refractivity contribution in [1.82, 2.24) is 0 Å². The normalized spacial score (nSPS) is 11.1. The van der Waals surface area contributed by atoms with Crippen LogP contribution < -0.4 is 0 Å². The summed E-state index contributed by atoms with van der Waals surface area (Å²) in [6, 6.07) is 32.2. The molecular weight excluding hydrogens is 536 g/mol. The molecule has 0 amide bonds. The standard InChI is InChI=1S/C42H52O2/c1-4-5-6-9-14-34-18-22-36(23-19-34)26-28-38-30-31-39(41-17-12-11-16-40(38)41)29-27-37-24-20-35(21-25-37)15-10-7-8-13-32-44-42(43)33(2)3/h11-12,16-25,30-31H,2,4-10,13-15,26-29,32H2,1,3H3. The minimum absolute atomic E-state index is 0.282. The first kappa shape index (κ1) is 33.2. The molecule has 4 rings (SSSR count). The molecule has 0 atom stereocenters. The van der Waals surface area contributed by atoms with E-state index < -0.39 is 0 Å². The third-order valence-electron chi connectivity index (χ3n) is 8.78. The molecule has 0 aromatic heterocycles. The number of ether oxygens (including phenoxy) is 1. The Balaban J connectivity index is 1.23. The Bertz CT molecular complexity index is 1450. The number of fused-ring (bicyclic) bond motifs is 1. The van der Waals surface area contributed by atoms with Crippen LogP contribution in [0.15, 0.2) is 97.1 Å². The van der Waals surface area contributed by atoms with Crippen LogP contribution in [0.4, 0.5) is 0 Å². The molecule has 2 heteroatoms. The lowest BCUT2D eigenvalue weighted by molar-refractivity contribution is -0.139. The van der Waals surface area contributed by atoms with E-state index in [0.717, 1.165) is 57.8 Å². The van der Waals surface area contributed by atoms with Gasteiger partial charge in [0, 0.05) is 5.57 Å². The van der Waals surface area contributed by atoms with E-state index in [2.05, 4.69) is 98.4 Å². The van der Waals surface area contributed by atoms with Crippen molar-refractivity contribution >= 4 is 16.7 Å². The van der Waals surface area contributed by atoms with Gasteiger partial charge in [-0.2, -0.15) is 0 Å². The zero-order chi connectivity index (χ0) is 31.0. The summed E-state index contributed by atoms with van der Waals surface area (Å²) in [5.74, 6) is -0.282. The van der Waals surface area contributed by atoms with Gasteiger partial charge in [-0.15, -0.1) is 0 Å². The van der Waals surface area contributed by atoms with Crippen molar-refractivity contribution in [1.29, 1.82) is 0 Å². The minimum Gasteiger partial charge on any atom is -0.462 e. The molecule has 4 aromatic rings. The minimum atomic E-state index is -0.282. The molecule has 0 unspecified atom stereocenters. The van der Waals surface area contributed by atoms with Crippen LogP contribution in [-0.2, 0) is 48.1 Å². The molecule has 0 saturated heterocycles. The highest BCUT2D eigenvalue weighted by Gasteiger charge is 2.08. The van der Waals surface area contributed by atoms with Crippen LogP contribution in [0.2, 0.25) is 0 Å². The van der Waals surface area contributed by atoms with Gasteiger partial charge < -0.3 is 4.74 Å². The number of unbranched alkanes of at least 4 members (excludes halogenated alkanes) is 6. The molecule has 0 fully saturated rings. The van der Waals surface area contributed by atoms with E-state index in [-0.39, 0.29) is 5.97 Å². The van der Waals surface area contributed by atoms with Crippen molar-refractivity contribution in [3.05, 3.63) is 130 Å². The summed E-state index contributed by atoms with van der Waals surface area (Å²) in [5.41, 5.74) is 9.06. The zero-order valence-electron chi connectivity index (χ0n) is 27.2. The quantitative estimate of drug-likeness (QED) is 0.0619. The van der Waals surface area contributed by atoms with Crippen LogP contribution >= 0.6 is 0 Å². The van der Waals surface area contributed by atoms with Crippen molar-refractivity contribution in [3.8, 4) is 0 Å². The summed E-state index contributed by atoms with van der Waals surface area (Å²) >= 11 is 0. The molecule has 4 aromatic carbocycles. The fourth-order valence-electron chi connectivity index (χ4n) is 5.99. The number of rotatable bonds is 19. The largest absolute Gasteiger partial charge is 0.462 e. The van der Waals surface area contributed by atoms with Crippen molar-refractivity contribution in [2.24, 2.45) is 0 Å². The summed E-state index contributed by atoms with van der Waals surface area (Å²) in [6.07, 6.45) is 16.2. The van der Waals surface area contributed by atoms with E-state index >= 15 is 0 Å². The molecule has 232 valence electrons. The molecule has 0 spiro atoms. The van der Waals surface area contributed by atoms with E-state index in [1.165, 1.54) is 76.3 Å². The molecule has 0 aliphatic carbocycles. The second kappa shape index (κ2) is 18.2. The topological polar surface area (TPSA) is 26.3 Å². The number of hydrogen-bond acceptors (Lipinski definition) is 2. The van der Waals surface area contributed by atoms with Gasteiger partial charge >= 0.3 is 5.97 Å². The number of aryl methyl sites for hydroxylation is 6. The van der Waals surface area contributed by atoms with E-state index in [4.69, 9.17) is 4.74 Å². The third-order valence-corrected chi connectivity index (χ3v) is 8.78. The van der Waals surface area contributed by atoms with Gasteiger partial charge in [-0.3, -0.25) is 0 Å². The first-order valence-corrected chi connectivity index (χ1v) is 17.0. The summed E-state index contributed by atoms with van der Waals surface area (Å²) in [5, 5.41) is 2.81. The molecule has 0 N–H and O–H groups in total.